The lowest BCUT2D eigenvalue weighted by Crippen LogP contribution is -2.37. The van der Waals surface area contributed by atoms with E-state index in [4.69, 9.17) is 4.74 Å². The van der Waals surface area contributed by atoms with Crippen molar-refractivity contribution in [2.45, 2.75) is 32.0 Å². The molecular formula is C23H26BrNO5. The zero-order valence-electron chi connectivity index (χ0n) is 16.7. The summed E-state index contributed by atoms with van der Waals surface area (Å²) in [4.78, 5) is 16.2. The molecule has 3 atom stereocenters. The third-order valence-corrected chi connectivity index (χ3v) is 5.13. The lowest BCUT2D eigenvalue weighted by atomic mass is 9.90. The van der Waals surface area contributed by atoms with Crippen LogP contribution in [0.5, 0.6) is 5.75 Å². The predicted octanol–water partition coefficient (Wildman–Crippen LogP) is 3.96. The molecule has 160 valence electrons. The van der Waals surface area contributed by atoms with Crippen LogP contribution < -0.4 is 0 Å². The van der Waals surface area contributed by atoms with E-state index in [1.165, 1.54) is 6.08 Å². The number of carbonyl (C=O) groups is 1. The average Bonchev–Trinajstić information content (AvgIpc) is 2.74. The quantitative estimate of drug-likeness (QED) is 0.355. The van der Waals surface area contributed by atoms with Gasteiger partial charge in [-0.3, -0.25) is 4.98 Å². The first-order chi connectivity index (χ1) is 14.4. The Bertz CT molecular complexity index is 884. The van der Waals surface area contributed by atoms with E-state index in [0.29, 0.717) is 17.7 Å². The van der Waals surface area contributed by atoms with Crippen molar-refractivity contribution < 1.29 is 24.9 Å². The first-order valence-electron chi connectivity index (χ1n) is 9.63. The largest absolute Gasteiger partial charge is 0.507 e. The Morgan fingerprint density at radius 1 is 1.30 bits per heavy atom. The van der Waals surface area contributed by atoms with E-state index in [1.807, 2.05) is 12.1 Å². The number of phenols is 1. The number of carbonyl (C=O) groups excluding carboxylic acids is 1. The van der Waals surface area contributed by atoms with E-state index in [-0.39, 0.29) is 18.8 Å². The highest BCUT2D eigenvalue weighted by Gasteiger charge is 2.30. The highest BCUT2D eigenvalue weighted by atomic mass is 79.9. The third kappa shape index (κ3) is 6.52. The molecule has 0 fully saturated rings. The van der Waals surface area contributed by atoms with E-state index in [2.05, 4.69) is 27.5 Å². The lowest BCUT2D eigenvalue weighted by Gasteiger charge is -2.24. The van der Waals surface area contributed by atoms with Gasteiger partial charge in [0.05, 0.1) is 18.4 Å². The molecule has 0 saturated heterocycles. The summed E-state index contributed by atoms with van der Waals surface area (Å²) in [5.74, 6) is -1.54. The topological polar surface area (TPSA) is 99.9 Å². The number of hydrogen-bond donors (Lipinski definition) is 3. The van der Waals surface area contributed by atoms with E-state index < -0.39 is 24.1 Å². The van der Waals surface area contributed by atoms with Gasteiger partial charge in [-0.2, -0.15) is 0 Å². The zero-order chi connectivity index (χ0) is 22.1. The summed E-state index contributed by atoms with van der Waals surface area (Å²) < 4.78 is 5.65. The van der Waals surface area contributed by atoms with Crippen LogP contribution in [0.4, 0.5) is 0 Å². The molecule has 0 radical (unpaired) electrons. The molecule has 2 aromatic rings. The Morgan fingerprint density at radius 2 is 2.07 bits per heavy atom. The van der Waals surface area contributed by atoms with E-state index in [9.17, 15) is 20.1 Å². The number of phenolic OH excluding ortho intramolecular Hbond substituents is 1. The number of aliphatic hydroxyl groups excluding tert-OH is 2. The van der Waals surface area contributed by atoms with Gasteiger partial charge in [-0.1, -0.05) is 28.1 Å². The number of ether oxygens (including phenoxy) is 1. The summed E-state index contributed by atoms with van der Waals surface area (Å²) in [6.45, 7) is 5.41. The molecule has 1 aromatic carbocycles. The molecule has 7 heteroatoms. The molecule has 0 unspecified atom stereocenters. The van der Waals surface area contributed by atoms with Crippen molar-refractivity contribution in [3.05, 3.63) is 71.0 Å². The molecule has 0 amide bonds. The van der Waals surface area contributed by atoms with Gasteiger partial charge in [-0.15, -0.1) is 6.58 Å². The normalized spacial score (nSPS) is 14.6. The summed E-state index contributed by atoms with van der Waals surface area (Å²) >= 11 is 3.40. The van der Waals surface area contributed by atoms with Gasteiger partial charge in [0.2, 0.25) is 0 Å². The number of rotatable bonds is 10. The van der Waals surface area contributed by atoms with Gasteiger partial charge in [0.15, 0.2) is 6.10 Å². The molecule has 2 rings (SSSR count). The molecule has 0 aliphatic carbocycles. The Balaban J connectivity index is 2.24. The fourth-order valence-electron chi connectivity index (χ4n) is 3.03. The number of hydrogen-bond acceptors (Lipinski definition) is 6. The van der Waals surface area contributed by atoms with Crippen molar-refractivity contribution in [1.29, 1.82) is 0 Å². The Labute approximate surface area is 184 Å². The van der Waals surface area contributed by atoms with E-state index in [1.54, 1.807) is 43.5 Å². The maximum Gasteiger partial charge on any atom is 0.335 e. The van der Waals surface area contributed by atoms with Crippen molar-refractivity contribution in [2.75, 3.05) is 6.61 Å². The molecule has 0 aliphatic heterocycles. The van der Waals surface area contributed by atoms with Crippen LogP contribution in [0.3, 0.4) is 0 Å². The second kappa shape index (κ2) is 11.6. The first-order valence-corrected chi connectivity index (χ1v) is 10.4. The Hall–Kier alpha value is -2.48. The predicted molar refractivity (Wildman–Crippen MR) is 119 cm³/mol. The van der Waals surface area contributed by atoms with Crippen LogP contribution in [0.2, 0.25) is 0 Å². The average molecular weight is 476 g/mol. The lowest BCUT2D eigenvalue weighted by molar-refractivity contribution is -0.157. The number of allylic oxidation sites excluding steroid dienone is 1. The molecule has 1 aromatic heterocycles. The van der Waals surface area contributed by atoms with Crippen molar-refractivity contribution >= 4 is 33.5 Å². The van der Waals surface area contributed by atoms with Crippen LogP contribution in [0.1, 0.15) is 31.0 Å². The van der Waals surface area contributed by atoms with Gasteiger partial charge >= 0.3 is 5.97 Å². The maximum atomic E-state index is 11.8. The molecule has 0 aliphatic rings. The fraction of sp³-hybridized carbons (Fsp3) is 0.304. The third-order valence-electron chi connectivity index (χ3n) is 4.63. The minimum Gasteiger partial charge on any atom is -0.507 e. The monoisotopic (exact) mass is 475 g/mol. The van der Waals surface area contributed by atoms with Crippen molar-refractivity contribution in [3.8, 4) is 5.75 Å². The SMILES string of the molecule is C=C[C@H]([C@H](O)CC/C(=C/c1cc(Br)ccc1O)c1ccccn1)[C@H](O)C(=O)OCC. The molecule has 6 nitrogen and oxygen atoms in total. The number of pyridine rings is 1. The van der Waals surface area contributed by atoms with Gasteiger partial charge in [0, 0.05) is 22.2 Å². The second-order valence-corrected chi connectivity index (χ2v) is 7.62. The van der Waals surface area contributed by atoms with Gasteiger partial charge in [0.25, 0.3) is 0 Å². The maximum absolute atomic E-state index is 11.8. The Kier molecular flexibility index (Phi) is 9.23. The number of halogens is 1. The summed E-state index contributed by atoms with van der Waals surface area (Å²) in [6, 6.07) is 10.6. The van der Waals surface area contributed by atoms with E-state index in [0.717, 1.165) is 10.0 Å². The van der Waals surface area contributed by atoms with Crippen LogP contribution in [-0.4, -0.2) is 45.1 Å². The number of aliphatic hydroxyl groups is 2. The highest BCUT2D eigenvalue weighted by Crippen LogP contribution is 2.29. The van der Waals surface area contributed by atoms with Gasteiger partial charge in [-0.05, 0) is 61.7 Å². The van der Waals surface area contributed by atoms with Crippen molar-refractivity contribution in [2.24, 2.45) is 5.92 Å². The second-order valence-electron chi connectivity index (χ2n) is 6.70. The standard InChI is InChI=1S/C23H26BrNO5/c1-3-18(22(28)23(29)30-4-2)21(27)10-8-15(19-7-5-6-12-25-19)13-16-14-17(24)9-11-20(16)26/h3,5-7,9,11-14,18,21-22,26-28H,1,4,8,10H2,2H3/b15-13-/t18-,21-,22+/m1/s1. The van der Waals surface area contributed by atoms with Crippen molar-refractivity contribution in [3.63, 3.8) is 0 Å². The summed E-state index contributed by atoms with van der Waals surface area (Å²) in [7, 11) is 0. The van der Waals surface area contributed by atoms with Crippen LogP contribution in [0, 0.1) is 5.92 Å². The van der Waals surface area contributed by atoms with Crippen LogP contribution >= 0.6 is 15.9 Å². The summed E-state index contributed by atoms with van der Waals surface area (Å²) in [5, 5.41) is 31.0. The minimum absolute atomic E-state index is 0.119. The Morgan fingerprint density at radius 3 is 2.70 bits per heavy atom. The molecule has 0 spiro atoms. The number of aromatic hydroxyl groups is 1. The van der Waals surface area contributed by atoms with Gasteiger partial charge in [-0.25, -0.2) is 4.79 Å². The fourth-order valence-corrected chi connectivity index (χ4v) is 3.41. The summed E-state index contributed by atoms with van der Waals surface area (Å²) in [6.07, 6.45) is 2.95. The van der Waals surface area contributed by atoms with Crippen LogP contribution in [0.15, 0.2) is 59.7 Å². The number of esters is 1. The first kappa shape index (κ1) is 23.8. The molecule has 0 saturated carbocycles. The summed E-state index contributed by atoms with van der Waals surface area (Å²) in [5.41, 5.74) is 2.09. The van der Waals surface area contributed by atoms with Crippen LogP contribution in [-0.2, 0) is 9.53 Å². The number of benzene rings is 1. The molecule has 0 bridgehead atoms. The number of nitrogens with zero attached hydrogens (tertiary/aromatic N) is 1. The zero-order valence-corrected chi connectivity index (χ0v) is 18.3. The van der Waals surface area contributed by atoms with Gasteiger partial charge < -0.3 is 20.1 Å². The smallest absolute Gasteiger partial charge is 0.335 e. The van der Waals surface area contributed by atoms with E-state index >= 15 is 0 Å². The van der Waals surface area contributed by atoms with Crippen molar-refractivity contribution in [1.82, 2.24) is 4.98 Å². The molecular weight excluding hydrogens is 450 g/mol. The highest BCUT2D eigenvalue weighted by molar-refractivity contribution is 9.10. The van der Waals surface area contributed by atoms with Gasteiger partial charge in [0.1, 0.15) is 5.75 Å². The van der Waals surface area contributed by atoms with Crippen LogP contribution in [0.25, 0.3) is 11.6 Å². The molecule has 30 heavy (non-hydrogen) atoms. The molecule has 3 N–H and O–H groups in total. The number of aromatic nitrogens is 1. The minimum atomic E-state index is -1.49. The molecule has 1 heterocycles.